The summed E-state index contributed by atoms with van der Waals surface area (Å²) in [7, 11) is 3.11. The molecule has 0 aliphatic carbocycles. The summed E-state index contributed by atoms with van der Waals surface area (Å²) < 4.78 is 4.64. The first-order chi connectivity index (χ1) is 5.90. The van der Waals surface area contributed by atoms with Crippen molar-refractivity contribution in [3.8, 4) is 0 Å². The van der Waals surface area contributed by atoms with Crippen molar-refractivity contribution in [3.05, 3.63) is 0 Å². The molecule has 0 amide bonds. The molecule has 13 heavy (non-hydrogen) atoms. The molecule has 0 aliphatic heterocycles. The van der Waals surface area contributed by atoms with E-state index in [0.717, 1.165) is 0 Å². The number of hydrogen-bond donors (Lipinski definition) is 1. The molecule has 4 heteroatoms. The highest BCUT2D eigenvalue weighted by Gasteiger charge is 2.39. The molecule has 0 saturated carbocycles. The van der Waals surface area contributed by atoms with E-state index in [1.165, 1.54) is 7.11 Å². The summed E-state index contributed by atoms with van der Waals surface area (Å²) in [5.41, 5.74) is -0.942. The highest BCUT2D eigenvalue weighted by molar-refractivity contribution is 5.80. The molecule has 0 heterocycles. The minimum Gasteiger partial charge on any atom is -0.468 e. The minimum absolute atomic E-state index is 0.177. The Morgan fingerprint density at radius 2 is 2.08 bits per heavy atom. The number of likely N-dealkylation sites (N-methyl/N-ethyl adjacent to an activating group) is 1. The molecule has 0 aliphatic rings. The number of hydrogen-bond acceptors (Lipinski definition) is 4. The lowest BCUT2D eigenvalue weighted by Crippen LogP contribution is -2.56. The minimum atomic E-state index is -0.942. The molecule has 0 bridgehead atoms. The van der Waals surface area contributed by atoms with E-state index in [-0.39, 0.29) is 12.6 Å². The third kappa shape index (κ3) is 2.42. The van der Waals surface area contributed by atoms with Crippen molar-refractivity contribution >= 4 is 5.97 Å². The van der Waals surface area contributed by atoms with Gasteiger partial charge in [-0.15, -0.1) is 0 Å². The number of ether oxygens (including phenoxy) is 1. The van der Waals surface area contributed by atoms with Crippen LogP contribution in [-0.4, -0.2) is 48.3 Å². The number of esters is 1. The van der Waals surface area contributed by atoms with Crippen LogP contribution in [0.25, 0.3) is 0 Å². The lowest BCUT2D eigenvalue weighted by molar-refractivity contribution is -0.157. The number of carbonyl (C=O) groups is 1. The number of methoxy groups -OCH3 is 1. The number of nitrogens with zero attached hydrogens (tertiary/aromatic N) is 1. The van der Waals surface area contributed by atoms with E-state index in [4.69, 9.17) is 5.11 Å². The van der Waals surface area contributed by atoms with Gasteiger partial charge in [0.2, 0.25) is 0 Å². The van der Waals surface area contributed by atoms with Gasteiger partial charge in [-0.2, -0.15) is 0 Å². The van der Waals surface area contributed by atoms with Crippen molar-refractivity contribution in [2.24, 2.45) is 0 Å². The average Bonchev–Trinajstić information content (AvgIpc) is 2.13. The van der Waals surface area contributed by atoms with Gasteiger partial charge in [0, 0.05) is 6.04 Å². The summed E-state index contributed by atoms with van der Waals surface area (Å²) >= 11 is 0. The van der Waals surface area contributed by atoms with Gasteiger partial charge < -0.3 is 9.84 Å². The maximum absolute atomic E-state index is 11.4. The first-order valence-corrected chi connectivity index (χ1v) is 4.32. The Bertz CT molecular complexity index is 182. The second kappa shape index (κ2) is 4.58. The zero-order chi connectivity index (χ0) is 10.6. The largest absolute Gasteiger partial charge is 0.468 e. The van der Waals surface area contributed by atoms with Crippen LogP contribution >= 0.6 is 0 Å². The molecule has 0 aromatic heterocycles. The third-order valence-corrected chi connectivity index (χ3v) is 2.49. The second-order valence-electron chi connectivity index (χ2n) is 3.63. The molecule has 4 nitrogen and oxygen atoms in total. The Labute approximate surface area is 79.5 Å². The Hall–Kier alpha value is -0.610. The normalized spacial score (nSPS) is 16.0. The molecule has 1 N–H and O–H groups in total. The second-order valence-corrected chi connectivity index (χ2v) is 3.63. The van der Waals surface area contributed by atoms with Crippen LogP contribution in [0, 0.1) is 0 Å². The fraction of sp³-hybridized carbons (Fsp3) is 0.889. The first kappa shape index (κ1) is 12.4. The van der Waals surface area contributed by atoms with Crippen molar-refractivity contribution in [2.45, 2.75) is 32.4 Å². The number of aliphatic hydroxyl groups is 1. The maximum Gasteiger partial charge on any atom is 0.328 e. The zero-order valence-electron chi connectivity index (χ0n) is 9.00. The van der Waals surface area contributed by atoms with Crippen LogP contribution in [0.1, 0.15) is 20.8 Å². The molecule has 78 valence electrons. The number of aliphatic hydroxyl groups excluding tert-OH is 1. The third-order valence-electron chi connectivity index (χ3n) is 2.49. The summed E-state index contributed by atoms with van der Waals surface area (Å²) in [6, 6.07) is 0.177. The Kier molecular flexibility index (Phi) is 4.36. The molecule has 0 fully saturated rings. The molecule has 0 spiro atoms. The summed E-state index contributed by atoms with van der Waals surface area (Å²) in [6.45, 7) is 5.33. The van der Waals surface area contributed by atoms with Crippen molar-refractivity contribution in [1.82, 2.24) is 4.90 Å². The standard InChI is InChI=1S/C9H19NO3/c1-7(2)10(4)9(3,6-11)8(12)13-5/h7,11H,6H2,1-5H3/t9-/m0/s1. The number of rotatable bonds is 4. The predicted molar refractivity (Wildman–Crippen MR) is 50.4 cm³/mol. The van der Waals surface area contributed by atoms with E-state index in [1.807, 2.05) is 13.8 Å². The monoisotopic (exact) mass is 189 g/mol. The van der Waals surface area contributed by atoms with Crippen LogP contribution in [0.15, 0.2) is 0 Å². The molecule has 0 unspecified atom stereocenters. The highest BCUT2D eigenvalue weighted by atomic mass is 16.5. The van der Waals surface area contributed by atoms with Gasteiger partial charge in [0.05, 0.1) is 13.7 Å². The van der Waals surface area contributed by atoms with Gasteiger partial charge in [0.15, 0.2) is 0 Å². The van der Waals surface area contributed by atoms with Crippen LogP contribution in [0.3, 0.4) is 0 Å². The zero-order valence-corrected chi connectivity index (χ0v) is 9.00. The predicted octanol–water partition coefficient (Wildman–Crippen LogP) is 0.251. The molecule has 1 atom stereocenters. The average molecular weight is 189 g/mol. The molecule has 0 saturated heterocycles. The van der Waals surface area contributed by atoms with Gasteiger partial charge in [-0.05, 0) is 27.8 Å². The van der Waals surface area contributed by atoms with Gasteiger partial charge in [0.1, 0.15) is 5.54 Å². The Morgan fingerprint density at radius 3 is 2.31 bits per heavy atom. The summed E-state index contributed by atoms with van der Waals surface area (Å²) in [5, 5.41) is 9.16. The van der Waals surface area contributed by atoms with Crippen molar-refractivity contribution < 1.29 is 14.6 Å². The van der Waals surface area contributed by atoms with E-state index in [0.29, 0.717) is 0 Å². The molecule has 0 aromatic rings. The topological polar surface area (TPSA) is 49.8 Å². The lowest BCUT2D eigenvalue weighted by atomic mass is 10.0. The van der Waals surface area contributed by atoms with Crippen molar-refractivity contribution in [3.63, 3.8) is 0 Å². The van der Waals surface area contributed by atoms with E-state index in [1.54, 1.807) is 18.9 Å². The van der Waals surface area contributed by atoms with Crippen LogP contribution in [0.4, 0.5) is 0 Å². The van der Waals surface area contributed by atoms with Gasteiger partial charge in [-0.25, -0.2) is 4.79 Å². The fourth-order valence-corrected chi connectivity index (χ4v) is 1.11. The van der Waals surface area contributed by atoms with E-state index in [2.05, 4.69) is 4.74 Å². The van der Waals surface area contributed by atoms with Gasteiger partial charge >= 0.3 is 5.97 Å². The van der Waals surface area contributed by atoms with Crippen LogP contribution in [0.5, 0.6) is 0 Å². The number of carbonyl (C=O) groups excluding carboxylic acids is 1. The first-order valence-electron chi connectivity index (χ1n) is 4.32. The van der Waals surface area contributed by atoms with Crippen LogP contribution < -0.4 is 0 Å². The molecular weight excluding hydrogens is 170 g/mol. The summed E-state index contributed by atoms with van der Waals surface area (Å²) in [4.78, 5) is 13.2. The quantitative estimate of drug-likeness (QED) is 0.644. The Balaban J connectivity index is 4.71. The summed E-state index contributed by atoms with van der Waals surface area (Å²) in [6.07, 6.45) is 0. The molecule has 0 radical (unpaired) electrons. The highest BCUT2D eigenvalue weighted by Crippen LogP contribution is 2.17. The molecular formula is C9H19NO3. The van der Waals surface area contributed by atoms with Crippen molar-refractivity contribution in [1.29, 1.82) is 0 Å². The van der Waals surface area contributed by atoms with E-state index >= 15 is 0 Å². The van der Waals surface area contributed by atoms with Crippen LogP contribution in [-0.2, 0) is 9.53 Å². The lowest BCUT2D eigenvalue weighted by Gasteiger charge is -2.37. The summed E-state index contributed by atoms with van der Waals surface area (Å²) in [5.74, 6) is -0.411. The SMILES string of the molecule is COC(=O)[C@](C)(CO)N(C)C(C)C. The maximum atomic E-state index is 11.4. The van der Waals surface area contributed by atoms with Gasteiger partial charge in [-0.3, -0.25) is 4.90 Å². The molecule has 0 rings (SSSR count). The van der Waals surface area contributed by atoms with Crippen molar-refractivity contribution in [2.75, 3.05) is 20.8 Å². The van der Waals surface area contributed by atoms with Crippen LogP contribution in [0.2, 0.25) is 0 Å². The van der Waals surface area contributed by atoms with Gasteiger partial charge in [0.25, 0.3) is 0 Å². The Morgan fingerprint density at radius 1 is 1.62 bits per heavy atom. The fourth-order valence-electron chi connectivity index (χ4n) is 1.11. The molecule has 0 aromatic carbocycles. The van der Waals surface area contributed by atoms with E-state index < -0.39 is 11.5 Å². The van der Waals surface area contributed by atoms with Gasteiger partial charge in [-0.1, -0.05) is 0 Å². The smallest absolute Gasteiger partial charge is 0.328 e. The van der Waals surface area contributed by atoms with E-state index in [9.17, 15) is 4.79 Å².